The van der Waals surface area contributed by atoms with Gasteiger partial charge in [0.15, 0.2) is 0 Å². The van der Waals surface area contributed by atoms with Crippen LogP contribution in [0, 0.1) is 5.92 Å². The Morgan fingerprint density at radius 3 is 2.08 bits per heavy atom. The van der Waals surface area contributed by atoms with Gasteiger partial charge in [0.25, 0.3) is 0 Å². The molecular weight excluding hydrogens is 781 g/mol. The van der Waals surface area contributed by atoms with E-state index in [1.807, 2.05) is 11.3 Å². The Hall–Kier alpha value is -7.46. The average Bonchev–Trinajstić information content (AvgIpc) is 3.96. The Morgan fingerprint density at radius 2 is 1.25 bits per heavy atom. The van der Waals surface area contributed by atoms with Crippen LogP contribution in [0.1, 0.15) is 34.9 Å². The standard InChI is InChI=1S/C60H42N2S/c1-38-27-33-49-52(35-38)60(51-24-14-25-54(58(49)51)61-42-30-28-40(29-31-42)39-15-4-2-5-16-39)53-37-44(32-34-48(53)57-50-23-12-13-26-56(50)63-59(57)60)62(43-18-6-3-7-19-43)55-36-41-17-8-9-20-45(41)46-21-10-11-22-47(46)55/h2-34,36-38,61H,35H2,1H3. The maximum Gasteiger partial charge on any atom is 0.0784 e. The molecule has 3 heteroatoms. The average molecular weight is 823 g/mol. The monoisotopic (exact) mass is 822 g/mol. The molecule has 1 N–H and O–H groups in total. The summed E-state index contributed by atoms with van der Waals surface area (Å²) in [6.07, 6.45) is 5.85. The SMILES string of the molecule is CC1C=CC2=C(C1)C1(c3cc(N(c4ccccc4)c4cc5ccccc5c5ccccc45)ccc3-c3c1sc1ccccc31)c1cccc(Nc3ccc(-c4ccccc4)cc3)c12. The second-order valence-corrected chi connectivity index (χ2v) is 18.4. The van der Waals surface area contributed by atoms with Gasteiger partial charge in [0.05, 0.1) is 11.1 Å². The van der Waals surface area contributed by atoms with E-state index in [2.05, 4.69) is 229 Å². The zero-order valence-electron chi connectivity index (χ0n) is 34.8. The molecule has 0 saturated carbocycles. The minimum Gasteiger partial charge on any atom is -0.355 e. The normalized spacial score (nSPS) is 17.0. The molecule has 0 saturated heterocycles. The highest BCUT2D eigenvalue weighted by Crippen LogP contribution is 2.68. The van der Waals surface area contributed by atoms with E-state index in [4.69, 9.17) is 0 Å². The van der Waals surface area contributed by atoms with Crippen molar-refractivity contribution in [1.29, 1.82) is 0 Å². The number of fused-ring (bicyclic) bond motifs is 14. The molecule has 1 spiro atoms. The summed E-state index contributed by atoms with van der Waals surface area (Å²) < 4.78 is 1.34. The maximum atomic E-state index is 3.94. The molecule has 10 aromatic rings. The molecule has 2 nitrogen and oxygen atoms in total. The molecule has 0 amide bonds. The number of allylic oxidation sites excluding steroid dienone is 4. The van der Waals surface area contributed by atoms with E-state index in [0.717, 1.165) is 29.2 Å². The van der Waals surface area contributed by atoms with Gasteiger partial charge in [-0.25, -0.2) is 0 Å². The van der Waals surface area contributed by atoms with Crippen LogP contribution in [-0.4, -0.2) is 0 Å². The predicted octanol–water partition coefficient (Wildman–Crippen LogP) is 16.8. The number of anilines is 5. The van der Waals surface area contributed by atoms with Gasteiger partial charge in [0.1, 0.15) is 0 Å². The summed E-state index contributed by atoms with van der Waals surface area (Å²) in [5.41, 5.74) is 17.3. The van der Waals surface area contributed by atoms with Gasteiger partial charge in [0.2, 0.25) is 0 Å². The largest absolute Gasteiger partial charge is 0.355 e. The number of nitrogens with zero attached hydrogens (tertiary/aromatic N) is 1. The second kappa shape index (κ2) is 14.0. The Bertz CT molecular complexity index is 3520. The highest BCUT2D eigenvalue weighted by Gasteiger charge is 2.55. The molecule has 0 radical (unpaired) electrons. The molecule has 3 aliphatic carbocycles. The van der Waals surface area contributed by atoms with Crippen molar-refractivity contribution >= 4 is 77.0 Å². The fourth-order valence-electron chi connectivity index (χ4n) is 11.1. The first kappa shape index (κ1) is 36.2. The molecule has 9 aromatic carbocycles. The van der Waals surface area contributed by atoms with E-state index in [1.165, 1.54) is 92.3 Å². The summed E-state index contributed by atoms with van der Waals surface area (Å²) in [5, 5.41) is 10.3. The summed E-state index contributed by atoms with van der Waals surface area (Å²) in [5.74, 6) is 0.409. The topological polar surface area (TPSA) is 15.3 Å². The number of nitrogens with one attached hydrogen (secondary N) is 1. The van der Waals surface area contributed by atoms with E-state index >= 15 is 0 Å². The van der Waals surface area contributed by atoms with E-state index in [0.29, 0.717) is 5.92 Å². The van der Waals surface area contributed by atoms with Crippen LogP contribution < -0.4 is 10.2 Å². The summed E-state index contributed by atoms with van der Waals surface area (Å²) in [6.45, 7) is 2.38. The van der Waals surface area contributed by atoms with Crippen LogP contribution in [0.5, 0.6) is 0 Å². The van der Waals surface area contributed by atoms with Crippen LogP contribution in [-0.2, 0) is 5.41 Å². The second-order valence-electron chi connectivity index (χ2n) is 17.3. The molecule has 63 heavy (non-hydrogen) atoms. The molecule has 1 heterocycles. The van der Waals surface area contributed by atoms with Gasteiger partial charge in [-0.15, -0.1) is 11.3 Å². The first-order valence-corrected chi connectivity index (χ1v) is 22.9. The van der Waals surface area contributed by atoms with E-state index < -0.39 is 5.41 Å². The van der Waals surface area contributed by atoms with Crippen LogP contribution in [0.15, 0.2) is 218 Å². The van der Waals surface area contributed by atoms with Crippen LogP contribution in [0.3, 0.4) is 0 Å². The fourth-order valence-corrected chi connectivity index (χ4v) is 12.6. The lowest BCUT2D eigenvalue weighted by atomic mass is 9.70. The number of hydrogen-bond acceptors (Lipinski definition) is 3. The lowest BCUT2D eigenvalue weighted by molar-refractivity contribution is 0.636. The zero-order valence-corrected chi connectivity index (χ0v) is 35.7. The van der Waals surface area contributed by atoms with Crippen LogP contribution in [0.4, 0.5) is 28.4 Å². The number of rotatable bonds is 6. The summed E-state index contributed by atoms with van der Waals surface area (Å²) in [7, 11) is 0. The van der Waals surface area contributed by atoms with E-state index in [9.17, 15) is 0 Å². The summed E-state index contributed by atoms with van der Waals surface area (Å²) in [4.78, 5) is 3.94. The number of para-hydroxylation sites is 1. The van der Waals surface area contributed by atoms with Crippen molar-refractivity contribution in [2.24, 2.45) is 5.92 Å². The maximum absolute atomic E-state index is 3.94. The molecule has 2 unspecified atom stereocenters. The molecule has 0 bridgehead atoms. The third kappa shape index (κ3) is 5.36. The zero-order chi connectivity index (χ0) is 41.6. The van der Waals surface area contributed by atoms with Crippen molar-refractivity contribution < 1.29 is 0 Å². The summed E-state index contributed by atoms with van der Waals surface area (Å²) >= 11 is 1.99. The van der Waals surface area contributed by atoms with Gasteiger partial charge in [-0.3, -0.25) is 0 Å². The van der Waals surface area contributed by atoms with Gasteiger partial charge in [-0.1, -0.05) is 165 Å². The lowest BCUT2D eigenvalue weighted by Gasteiger charge is -2.35. The molecular formula is C60H42N2S. The lowest BCUT2D eigenvalue weighted by Crippen LogP contribution is -2.28. The molecule has 0 aliphatic heterocycles. The van der Waals surface area contributed by atoms with Crippen molar-refractivity contribution in [3.8, 4) is 22.3 Å². The van der Waals surface area contributed by atoms with Crippen LogP contribution >= 0.6 is 11.3 Å². The number of benzene rings is 9. The minimum atomic E-state index is -0.462. The molecule has 1 aromatic heterocycles. The first-order chi connectivity index (χ1) is 31.1. The fraction of sp³-hybridized carbons (Fsp3) is 0.0667. The van der Waals surface area contributed by atoms with Gasteiger partial charge in [0, 0.05) is 54.2 Å². The van der Waals surface area contributed by atoms with E-state index in [-0.39, 0.29) is 0 Å². The van der Waals surface area contributed by atoms with Crippen molar-refractivity contribution in [3.05, 3.63) is 239 Å². The number of thiophene rings is 1. The van der Waals surface area contributed by atoms with Gasteiger partial charge < -0.3 is 10.2 Å². The van der Waals surface area contributed by atoms with E-state index in [1.54, 1.807) is 0 Å². The molecule has 298 valence electrons. The van der Waals surface area contributed by atoms with Gasteiger partial charge in [-0.2, -0.15) is 0 Å². The first-order valence-electron chi connectivity index (χ1n) is 22.1. The smallest absolute Gasteiger partial charge is 0.0784 e. The molecule has 2 atom stereocenters. The Morgan fingerprint density at radius 1 is 0.556 bits per heavy atom. The molecule has 0 fully saturated rings. The van der Waals surface area contributed by atoms with Crippen LogP contribution in [0.2, 0.25) is 0 Å². The molecule has 3 aliphatic rings. The third-order valence-electron chi connectivity index (χ3n) is 13.8. The predicted molar refractivity (Wildman–Crippen MR) is 268 cm³/mol. The minimum absolute atomic E-state index is 0.409. The van der Waals surface area contributed by atoms with Gasteiger partial charge >= 0.3 is 0 Å². The number of hydrogen-bond donors (Lipinski definition) is 1. The van der Waals surface area contributed by atoms with Crippen LogP contribution in [0.25, 0.3) is 59.5 Å². The van der Waals surface area contributed by atoms with Crippen molar-refractivity contribution in [2.45, 2.75) is 18.8 Å². The highest BCUT2D eigenvalue weighted by atomic mass is 32.1. The van der Waals surface area contributed by atoms with Gasteiger partial charge in [-0.05, 0) is 122 Å². The highest BCUT2D eigenvalue weighted by molar-refractivity contribution is 7.20. The van der Waals surface area contributed by atoms with Crippen molar-refractivity contribution in [3.63, 3.8) is 0 Å². The Balaban J connectivity index is 1.06. The molecule has 13 rings (SSSR count). The van der Waals surface area contributed by atoms with Crippen molar-refractivity contribution in [1.82, 2.24) is 0 Å². The third-order valence-corrected chi connectivity index (χ3v) is 15.1. The Kier molecular flexibility index (Phi) is 8.07. The summed E-state index contributed by atoms with van der Waals surface area (Å²) in [6, 6.07) is 74.0. The Labute approximate surface area is 371 Å². The quantitative estimate of drug-likeness (QED) is 0.168. The van der Waals surface area contributed by atoms with Crippen molar-refractivity contribution in [2.75, 3.05) is 10.2 Å².